The Morgan fingerprint density at radius 1 is 1.22 bits per heavy atom. The third-order valence-electron chi connectivity index (χ3n) is 2.36. The molecule has 0 radical (unpaired) electrons. The predicted molar refractivity (Wildman–Crippen MR) is 72.9 cm³/mol. The predicted octanol–water partition coefficient (Wildman–Crippen LogP) is 3.42. The van der Waals surface area contributed by atoms with Gasteiger partial charge in [-0.25, -0.2) is 4.39 Å². The number of anilines is 2. The van der Waals surface area contributed by atoms with Gasteiger partial charge in [-0.1, -0.05) is 12.1 Å². The molecule has 0 aliphatic rings. The van der Waals surface area contributed by atoms with Crippen molar-refractivity contribution < 1.29 is 9.18 Å². The minimum absolute atomic E-state index is 0.347. The molecule has 0 heterocycles. The molecule has 0 fully saturated rings. The van der Waals surface area contributed by atoms with Crippen molar-refractivity contribution in [2.45, 2.75) is 0 Å². The van der Waals surface area contributed by atoms with E-state index in [2.05, 4.69) is 21.2 Å². The molecule has 0 spiro atoms. The van der Waals surface area contributed by atoms with E-state index in [1.807, 2.05) is 0 Å². The molecule has 0 aliphatic carbocycles. The van der Waals surface area contributed by atoms with Crippen molar-refractivity contribution in [3.63, 3.8) is 0 Å². The third kappa shape index (κ3) is 2.68. The minimum atomic E-state index is -0.403. The third-order valence-corrected chi connectivity index (χ3v) is 3.24. The van der Waals surface area contributed by atoms with Crippen LogP contribution in [0.3, 0.4) is 0 Å². The Labute approximate surface area is 112 Å². The summed E-state index contributed by atoms with van der Waals surface area (Å²) < 4.78 is 13.5. The van der Waals surface area contributed by atoms with Gasteiger partial charge in [0.05, 0.1) is 10.0 Å². The number of hydrogen-bond acceptors (Lipinski definition) is 2. The monoisotopic (exact) mass is 308 g/mol. The number of hydrogen-bond donors (Lipinski definition) is 2. The Kier molecular flexibility index (Phi) is 3.62. The lowest BCUT2D eigenvalue weighted by molar-refractivity contribution is 0.102. The molecule has 3 N–H and O–H groups in total. The highest BCUT2D eigenvalue weighted by Gasteiger charge is 2.11. The molecule has 0 saturated carbocycles. The molecule has 0 saturated heterocycles. The van der Waals surface area contributed by atoms with Gasteiger partial charge in [-0.3, -0.25) is 4.79 Å². The van der Waals surface area contributed by atoms with Crippen LogP contribution in [0.15, 0.2) is 46.9 Å². The minimum Gasteiger partial charge on any atom is -0.398 e. The van der Waals surface area contributed by atoms with E-state index >= 15 is 0 Å². The van der Waals surface area contributed by atoms with Crippen LogP contribution in [-0.2, 0) is 0 Å². The summed E-state index contributed by atoms with van der Waals surface area (Å²) in [5.41, 5.74) is 6.96. The van der Waals surface area contributed by atoms with E-state index in [0.29, 0.717) is 21.4 Å². The van der Waals surface area contributed by atoms with E-state index < -0.39 is 5.82 Å². The first kappa shape index (κ1) is 12.6. The SMILES string of the molecule is Nc1cccc(C(=O)Nc2cccc(F)c2)c1Br. The fraction of sp³-hybridized carbons (Fsp3) is 0. The van der Waals surface area contributed by atoms with Crippen molar-refractivity contribution in [3.8, 4) is 0 Å². The van der Waals surface area contributed by atoms with Crippen molar-refractivity contribution in [2.75, 3.05) is 11.1 Å². The van der Waals surface area contributed by atoms with Crippen molar-refractivity contribution in [3.05, 3.63) is 58.3 Å². The highest BCUT2D eigenvalue weighted by molar-refractivity contribution is 9.10. The normalized spacial score (nSPS) is 10.1. The van der Waals surface area contributed by atoms with Crippen molar-refractivity contribution in [1.29, 1.82) is 0 Å². The lowest BCUT2D eigenvalue weighted by Crippen LogP contribution is -2.13. The second-order valence-electron chi connectivity index (χ2n) is 3.67. The average Bonchev–Trinajstić information content (AvgIpc) is 2.32. The lowest BCUT2D eigenvalue weighted by atomic mass is 10.2. The largest absolute Gasteiger partial charge is 0.398 e. The fourth-order valence-corrected chi connectivity index (χ4v) is 1.93. The Hall–Kier alpha value is -1.88. The maximum atomic E-state index is 13.0. The van der Waals surface area contributed by atoms with Crippen LogP contribution in [0.1, 0.15) is 10.4 Å². The summed E-state index contributed by atoms with van der Waals surface area (Å²) in [4.78, 5) is 12.0. The van der Waals surface area contributed by atoms with E-state index in [9.17, 15) is 9.18 Å². The molecule has 2 aromatic rings. The Balaban J connectivity index is 2.25. The van der Waals surface area contributed by atoms with Crippen LogP contribution in [0.25, 0.3) is 0 Å². The molecule has 3 nitrogen and oxygen atoms in total. The standard InChI is InChI=1S/C13H10BrFN2O/c14-12-10(5-2-6-11(12)16)13(18)17-9-4-1-3-8(15)7-9/h1-7H,16H2,(H,17,18). The van der Waals surface area contributed by atoms with Crippen LogP contribution in [0.4, 0.5) is 15.8 Å². The van der Waals surface area contributed by atoms with Gasteiger partial charge >= 0.3 is 0 Å². The number of rotatable bonds is 2. The van der Waals surface area contributed by atoms with Crippen LogP contribution in [0.2, 0.25) is 0 Å². The van der Waals surface area contributed by atoms with Crippen LogP contribution in [0, 0.1) is 5.82 Å². The zero-order valence-corrected chi connectivity index (χ0v) is 10.9. The molecule has 2 rings (SSSR count). The number of nitrogens with one attached hydrogen (secondary N) is 1. The van der Waals surface area contributed by atoms with E-state index in [0.717, 1.165) is 0 Å². The number of nitrogens with two attached hydrogens (primary N) is 1. The Morgan fingerprint density at radius 3 is 2.67 bits per heavy atom. The van der Waals surface area contributed by atoms with E-state index in [1.54, 1.807) is 24.3 Å². The number of nitrogen functional groups attached to an aromatic ring is 1. The topological polar surface area (TPSA) is 55.1 Å². The van der Waals surface area contributed by atoms with Gasteiger partial charge in [0.25, 0.3) is 5.91 Å². The van der Waals surface area contributed by atoms with Crippen molar-refractivity contribution >= 4 is 33.2 Å². The second-order valence-corrected chi connectivity index (χ2v) is 4.47. The van der Waals surface area contributed by atoms with Crippen LogP contribution < -0.4 is 11.1 Å². The Morgan fingerprint density at radius 2 is 1.94 bits per heavy atom. The number of amides is 1. The molecule has 0 aromatic heterocycles. The molecular formula is C13H10BrFN2O. The van der Waals surface area contributed by atoms with Gasteiger partial charge in [0.2, 0.25) is 0 Å². The summed E-state index contributed by atoms with van der Waals surface area (Å²) >= 11 is 3.25. The maximum Gasteiger partial charge on any atom is 0.256 e. The zero-order chi connectivity index (χ0) is 13.1. The van der Waals surface area contributed by atoms with Crippen molar-refractivity contribution in [2.24, 2.45) is 0 Å². The number of halogens is 2. The summed E-state index contributed by atoms with van der Waals surface area (Å²) in [6.07, 6.45) is 0. The second kappa shape index (κ2) is 5.18. The Bertz CT molecular complexity index is 601. The van der Waals surface area contributed by atoms with Crippen LogP contribution in [-0.4, -0.2) is 5.91 Å². The maximum absolute atomic E-state index is 13.0. The first-order valence-corrected chi connectivity index (χ1v) is 5.98. The molecule has 5 heteroatoms. The van der Waals surface area contributed by atoms with Gasteiger partial charge in [0.1, 0.15) is 5.82 Å². The number of carbonyl (C=O) groups excluding carboxylic acids is 1. The molecule has 2 aromatic carbocycles. The van der Waals surface area contributed by atoms with E-state index in [4.69, 9.17) is 5.73 Å². The molecule has 0 atom stereocenters. The zero-order valence-electron chi connectivity index (χ0n) is 9.28. The van der Waals surface area contributed by atoms with E-state index in [1.165, 1.54) is 18.2 Å². The first-order valence-electron chi connectivity index (χ1n) is 5.19. The molecule has 1 amide bonds. The van der Waals surface area contributed by atoms with Crippen molar-refractivity contribution in [1.82, 2.24) is 0 Å². The van der Waals surface area contributed by atoms with Gasteiger partial charge in [-0.15, -0.1) is 0 Å². The quantitative estimate of drug-likeness (QED) is 0.835. The highest BCUT2D eigenvalue weighted by Crippen LogP contribution is 2.24. The van der Waals surface area contributed by atoms with Gasteiger partial charge in [-0.2, -0.15) is 0 Å². The lowest BCUT2D eigenvalue weighted by Gasteiger charge is -2.08. The summed E-state index contributed by atoms with van der Waals surface area (Å²) in [5.74, 6) is -0.751. The fourth-order valence-electron chi connectivity index (χ4n) is 1.49. The summed E-state index contributed by atoms with van der Waals surface area (Å²) in [5, 5.41) is 2.60. The van der Waals surface area contributed by atoms with Gasteiger partial charge in [0, 0.05) is 11.4 Å². The summed E-state index contributed by atoms with van der Waals surface area (Å²) in [6, 6.07) is 10.7. The molecule has 0 aliphatic heterocycles. The summed E-state index contributed by atoms with van der Waals surface area (Å²) in [6.45, 7) is 0. The first-order chi connectivity index (χ1) is 8.58. The molecule has 0 unspecified atom stereocenters. The smallest absolute Gasteiger partial charge is 0.256 e. The van der Waals surface area contributed by atoms with Crippen LogP contribution in [0.5, 0.6) is 0 Å². The van der Waals surface area contributed by atoms with Gasteiger partial charge in [0.15, 0.2) is 0 Å². The molecule has 18 heavy (non-hydrogen) atoms. The average molecular weight is 309 g/mol. The van der Waals surface area contributed by atoms with Gasteiger partial charge in [-0.05, 0) is 46.3 Å². The summed E-state index contributed by atoms with van der Waals surface area (Å²) in [7, 11) is 0. The van der Waals surface area contributed by atoms with Crippen LogP contribution >= 0.6 is 15.9 Å². The van der Waals surface area contributed by atoms with E-state index in [-0.39, 0.29) is 5.91 Å². The number of benzene rings is 2. The highest BCUT2D eigenvalue weighted by atomic mass is 79.9. The molecule has 0 bridgehead atoms. The molecular weight excluding hydrogens is 299 g/mol. The molecule has 92 valence electrons. The number of carbonyl (C=O) groups is 1. The van der Waals surface area contributed by atoms with Gasteiger partial charge < -0.3 is 11.1 Å².